The highest BCUT2D eigenvalue weighted by atomic mass is 32.1. The molecule has 2 N–H and O–H groups in total. The maximum atomic E-state index is 12.1. The number of benzene rings is 1. The summed E-state index contributed by atoms with van der Waals surface area (Å²) < 4.78 is 0. The van der Waals surface area contributed by atoms with Crippen molar-refractivity contribution in [1.29, 1.82) is 0 Å². The summed E-state index contributed by atoms with van der Waals surface area (Å²) in [6.07, 6.45) is 1.74. The highest BCUT2D eigenvalue weighted by Crippen LogP contribution is 2.17. The molecule has 1 aromatic carbocycles. The van der Waals surface area contributed by atoms with Gasteiger partial charge in [-0.05, 0) is 13.0 Å². The summed E-state index contributed by atoms with van der Waals surface area (Å²) in [4.78, 5) is 19.6. The molecule has 0 radical (unpaired) electrons. The Morgan fingerprint density at radius 3 is 3.05 bits per heavy atom. The number of aromatic amines is 1. The number of nitrogens with zero attached hydrogens (tertiary/aromatic N) is 1. The Morgan fingerprint density at radius 1 is 1.42 bits per heavy atom. The van der Waals surface area contributed by atoms with E-state index >= 15 is 0 Å². The lowest BCUT2D eigenvalue weighted by atomic mass is 10.1. The Morgan fingerprint density at radius 2 is 2.26 bits per heavy atom. The fraction of sp³-hybridized carbons (Fsp3) is 0.143. The van der Waals surface area contributed by atoms with Crippen molar-refractivity contribution < 1.29 is 4.79 Å². The van der Waals surface area contributed by atoms with E-state index in [1.807, 2.05) is 36.6 Å². The van der Waals surface area contributed by atoms with Gasteiger partial charge in [0.2, 0.25) is 0 Å². The average Bonchev–Trinajstić information content (AvgIpc) is 3.02. The zero-order chi connectivity index (χ0) is 13.2. The average molecular weight is 271 g/mol. The molecule has 0 aliphatic heterocycles. The first-order valence-electron chi connectivity index (χ1n) is 5.99. The molecular formula is C14H13N3OS. The van der Waals surface area contributed by atoms with Gasteiger partial charge in [-0.1, -0.05) is 18.2 Å². The van der Waals surface area contributed by atoms with Crippen molar-refractivity contribution in [1.82, 2.24) is 15.3 Å². The van der Waals surface area contributed by atoms with E-state index in [1.54, 1.807) is 17.5 Å². The number of aromatic nitrogens is 2. The number of carbonyl (C=O) groups is 1. The topological polar surface area (TPSA) is 57.8 Å². The number of hydrogen-bond acceptors (Lipinski definition) is 3. The van der Waals surface area contributed by atoms with Crippen molar-refractivity contribution in [2.75, 3.05) is 0 Å². The molecule has 0 unspecified atom stereocenters. The molecule has 0 bridgehead atoms. The zero-order valence-electron chi connectivity index (χ0n) is 10.4. The van der Waals surface area contributed by atoms with Gasteiger partial charge in [0, 0.05) is 28.2 Å². The minimum Gasteiger partial charge on any atom is -0.360 e. The van der Waals surface area contributed by atoms with Crippen LogP contribution in [0.1, 0.15) is 21.1 Å². The molecular weight excluding hydrogens is 258 g/mol. The third kappa shape index (κ3) is 2.37. The Labute approximate surface area is 114 Å². The van der Waals surface area contributed by atoms with Crippen LogP contribution in [0.25, 0.3) is 10.9 Å². The Hall–Kier alpha value is -2.14. The van der Waals surface area contributed by atoms with Gasteiger partial charge in [0.15, 0.2) is 0 Å². The number of para-hydroxylation sites is 1. The van der Waals surface area contributed by atoms with Crippen LogP contribution in [0.4, 0.5) is 0 Å². The summed E-state index contributed by atoms with van der Waals surface area (Å²) in [5.41, 5.74) is 2.63. The van der Waals surface area contributed by atoms with E-state index < -0.39 is 0 Å². The predicted octanol–water partition coefficient (Wildman–Crippen LogP) is 2.86. The lowest BCUT2D eigenvalue weighted by molar-refractivity contribution is 0.0952. The SMILES string of the molecule is Cc1csc(CNC(=O)c2c[nH]c3ccccc23)n1. The summed E-state index contributed by atoms with van der Waals surface area (Å²) in [5.74, 6) is -0.0784. The van der Waals surface area contributed by atoms with Gasteiger partial charge in [0.05, 0.1) is 12.1 Å². The monoisotopic (exact) mass is 271 g/mol. The number of H-pyrrole nitrogens is 1. The maximum Gasteiger partial charge on any atom is 0.253 e. The molecule has 19 heavy (non-hydrogen) atoms. The number of aryl methyl sites for hydroxylation is 1. The molecule has 96 valence electrons. The summed E-state index contributed by atoms with van der Waals surface area (Å²) in [6, 6.07) is 7.76. The largest absolute Gasteiger partial charge is 0.360 e. The number of nitrogens with one attached hydrogen (secondary N) is 2. The minimum atomic E-state index is -0.0784. The first-order valence-corrected chi connectivity index (χ1v) is 6.87. The van der Waals surface area contributed by atoms with Crippen LogP contribution in [0.15, 0.2) is 35.8 Å². The molecule has 2 heterocycles. The Balaban J connectivity index is 1.77. The van der Waals surface area contributed by atoms with Crippen molar-refractivity contribution in [2.24, 2.45) is 0 Å². The quantitative estimate of drug-likeness (QED) is 0.769. The first-order chi connectivity index (χ1) is 9.24. The number of amides is 1. The van der Waals surface area contributed by atoms with Gasteiger partial charge < -0.3 is 10.3 Å². The van der Waals surface area contributed by atoms with Crippen LogP contribution in [-0.4, -0.2) is 15.9 Å². The molecule has 0 spiro atoms. The van der Waals surface area contributed by atoms with Crippen LogP contribution in [0, 0.1) is 6.92 Å². The van der Waals surface area contributed by atoms with Crippen LogP contribution in [0.5, 0.6) is 0 Å². The van der Waals surface area contributed by atoms with E-state index in [1.165, 1.54) is 0 Å². The molecule has 3 aromatic rings. The van der Waals surface area contributed by atoms with Gasteiger partial charge in [0.25, 0.3) is 5.91 Å². The molecule has 5 heteroatoms. The summed E-state index contributed by atoms with van der Waals surface area (Å²) in [5, 5.41) is 6.74. The van der Waals surface area contributed by atoms with Crippen molar-refractivity contribution in [3.8, 4) is 0 Å². The molecule has 0 fully saturated rings. The third-order valence-corrected chi connectivity index (χ3v) is 3.87. The standard InChI is InChI=1S/C14H13N3OS/c1-9-8-19-13(17-9)7-16-14(18)11-6-15-12-5-3-2-4-10(11)12/h2-6,8,15H,7H2,1H3,(H,16,18). The molecule has 2 aromatic heterocycles. The molecule has 0 aliphatic carbocycles. The van der Waals surface area contributed by atoms with Gasteiger partial charge in [0.1, 0.15) is 5.01 Å². The molecule has 0 atom stereocenters. The predicted molar refractivity (Wildman–Crippen MR) is 76.3 cm³/mol. The van der Waals surface area contributed by atoms with E-state index in [4.69, 9.17) is 0 Å². The zero-order valence-corrected chi connectivity index (χ0v) is 11.3. The van der Waals surface area contributed by atoms with Gasteiger partial charge in [-0.25, -0.2) is 4.98 Å². The number of thiazole rings is 1. The summed E-state index contributed by atoms with van der Waals surface area (Å²) >= 11 is 1.56. The molecule has 0 saturated heterocycles. The van der Waals surface area contributed by atoms with Crippen LogP contribution in [0.2, 0.25) is 0 Å². The lowest BCUT2D eigenvalue weighted by Gasteiger charge is -2.01. The highest BCUT2D eigenvalue weighted by Gasteiger charge is 2.11. The van der Waals surface area contributed by atoms with Crippen LogP contribution in [0.3, 0.4) is 0 Å². The number of carbonyl (C=O) groups excluding carboxylic acids is 1. The smallest absolute Gasteiger partial charge is 0.253 e. The van der Waals surface area contributed by atoms with E-state index in [0.29, 0.717) is 12.1 Å². The van der Waals surface area contributed by atoms with Gasteiger partial charge >= 0.3 is 0 Å². The summed E-state index contributed by atoms with van der Waals surface area (Å²) in [7, 11) is 0. The second-order valence-electron chi connectivity index (χ2n) is 4.31. The molecule has 1 amide bonds. The van der Waals surface area contributed by atoms with Crippen molar-refractivity contribution >= 4 is 28.1 Å². The second kappa shape index (κ2) is 4.85. The van der Waals surface area contributed by atoms with Crippen molar-refractivity contribution in [3.63, 3.8) is 0 Å². The molecule has 3 rings (SSSR count). The lowest BCUT2D eigenvalue weighted by Crippen LogP contribution is -2.22. The van der Waals surface area contributed by atoms with Gasteiger partial charge in [-0.2, -0.15) is 0 Å². The normalized spacial score (nSPS) is 10.8. The second-order valence-corrected chi connectivity index (χ2v) is 5.26. The van der Waals surface area contributed by atoms with Gasteiger partial charge in [-0.15, -0.1) is 11.3 Å². The Kier molecular flexibility index (Phi) is 3.05. The van der Waals surface area contributed by atoms with Crippen molar-refractivity contribution in [2.45, 2.75) is 13.5 Å². The minimum absolute atomic E-state index is 0.0784. The number of fused-ring (bicyclic) bond motifs is 1. The van der Waals surface area contributed by atoms with Crippen LogP contribution >= 0.6 is 11.3 Å². The fourth-order valence-corrected chi connectivity index (χ4v) is 2.71. The van der Waals surface area contributed by atoms with Gasteiger partial charge in [-0.3, -0.25) is 4.79 Å². The summed E-state index contributed by atoms with van der Waals surface area (Å²) in [6.45, 7) is 2.42. The van der Waals surface area contributed by atoms with E-state index in [0.717, 1.165) is 21.6 Å². The molecule has 0 saturated carbocycles. The highest BCUT2D eigenvalue weighted by molar-refractivity contribution is 7.09. The van der Waals surface area contributed by atoms with E-state index in [-0.39, 0.29) is 5.91 Å². The molecule has 4 nitrogen and oxygen atoms in total. The number of rotatable bonds is 3. The number of hydrogen-bond donors (Lipinski definition) is 2. The third-order valence-electron chi connectivity index (χ3n) is 2.90. The molecule has 0 aliphatic rings. The first kappa shape index (κ1) is 11.9. The van der Waals surface area contributed by atoms with Crippen LogP contribution < -0.4 is 5.32 Å². The fourth-order valence-electron chi connectivity index (χ4n) is 1.99. The van der Waals surface area contributed by atoms with E-state index in [9.17, 15) is 4.79 Å². The van der Waals surface area contributed by atoms with Crippen LogP contribution in [-0.2, 0) is 6.54 Å². The Bertz CT molecular complexity index is 729. The van der Waals surface area contributed by atoms with E-state index in [2.05, 4.69) is 15.3 Å². The maximum absolute atomic E-state index is 12.1. The van der Waals surface area contributed by atoms with Crippen molar-refractivity contribution in [3.05, 3.63) is 52.1 Å².